The van der Waals surface area contributed by atoms with Gasteiger partial charge in [0.1, 0.15) is 16.3 Å². The molecule has 0 amide bonds. The molecule has 0 fully saturated rings. The molecular formula is C17H11ClF3NO7. The summed E-state index contributed by atoms with van der Waals surface area (Å²) >= 11 is 5.67. The maximum atomic E-state index is 13.9. The predicted molar refractivity (Wildman–Crippen MR) is 91.3 cm³/mol. The highest BCUT2D eigenvalue weighted by molar-refractivity contribution is 6.32. The molecule has 154 valence electrons. The first-order valence-electron chi connectivity index (χ1n) is 7.80. The van der Waals surface area contributed by atoms with E-state index in [1.54, 1.807) is 0 Å². The molecular weight excluding hydrogens is 423 g/mol. The van der Waals surface area contributed by atoms with Crippen LogP contribution in [-0.2, 0) is 14.6 Å². The molecule has 0 saturated heterocycles. The number of nitrogens with zero attached hydrogens (tertiary/aromatic N) is 1. The van der Waals surface area contributed by atoms with Gasteiger partial charge in [0.25, 0.3) is 6.43 Å². The Morgan fingerprint density at radius 1 is 1.17 bits per heavy atom. The zero-order valence-corrected chi connectivity index (χ0v) is 15.2. The number of carbonyl (C=O) groups excluding carboxylic acids is 2. The fraction of sp³-hybridized carbons (Fsp3) is 0.176. The van der Waals surface area contributed by atoms with Gasteiger partial charge in [-0.15, -0.1) is 0 Å². The van der Waals surface area contributed by atoms with Crippen molar-refractivity contribution in [3.05, 3.63) is 62.4 Å². The topological polar surface area (TPSA) is 105 Å². The summed E-state index contributed by atoms with van der Waals surface area (Å²) in [5.74, 6) is -4.77. The minimum atomic E-state index is -3.14. The summed E-state index contributed by atoms with van der Waals surface area (Å²) in [7, 11) is 0. The zero-order chi connectivity index (χ0) is 21.7. The first-order valence-corrected chi connectivity index (χ1v) is 8.18. The van der Waals surface area contributed by atoms with E-state index in [0.29, 0.717) is 6.07 Å². The Bertz CT molecular complexity index is 968. The van der Waals surface area contributed by atoms with Crippen LogP contribution in [0.15, 0.2) is 30.3 Å². The molecule has 8 nitrogen and oxygen atoms in total. The smallest absolute Gasteiger partial charge is 0.393 e. The number of benzene rings is 2. The number of para-hydroxylation sites is 1. The molecule has 2 aromatic rings. The maximum Gasteiger partial charge on any atom is 0.393 e. The van der Waals surface area contributed by atoms with Crippen LogP contribution in [0, 0.1) is 15.9 Å². The van der Waals surface area contributed by atoms with E-state index in [0.717, 1.165) is 18.2 Å². The molecule has 0 aromatic heterocycles. The number of nitro groups is 1. The maximum absolute atomic E-state index is 13.9. The van der Waals surface area contributed by atoms with Crippen LogP contribution in [-0.4, -0.2) is 16.9 Å². The van der Waals surface area contributed by atoms with Gasteiger partial charge >= 0.3 is 17.6 Å². The van der Waals surface area contributed by atoms with E-state index >= 15 is 0 Å². The molecule has 0 unspecified atom stereocenters. The van der Waals surface area contributed by atoms with Gasteiger partial charge in [-0.25, -0.2) is 32.5 Å². The van der Waals surface area contributed by atoms with Gasteiger partial charge in [-0.3, -0.25) is 10.1 Å². The lowest BCUT2D eigenvalue weighted by molar-refractivity contribution is -0.386. The summed E-state index contributed by atoms with van der Waals surface area (Å²) in [6.45, 7) is 1.43. The van der Waals surface area contributed by atoms with E-state index < -0.39 is 62.4 Å². The number of carbonyl (C=O) groups is 2. The Morgan fingerprint density at radius 3 is 2.45 bits per heavy atom. The molecule has 0 saturated carbocycles. The first-order chi connectivity index (χ1) is 13.7. The minimum absolute atomic E-state index is 0.114. The number of halogens is 4. The predicted octanol–water partition coefficient (Wildman–Crippen LogP) is 5.14. The van der Waals surface area contributed by atoms with Gasteiger partial charge in [0.05, 0.1) is 10.5 Å². The third-order valence-corrected chi connectivity index (χ3v) is 3.78. The van der Waals surface area contributed by atoms with E-state index in [1.807, 2.05) is 0 Å². The number of nitro benzene ring substituents is 1. The van der Waals surface area contributed by atoms with Gasteiger partial charge in [0.2, 0.25) is 5.75 Å². The van der Waals surface area contributed by atoms with Gasteiger partial charge in [-0.05, 0) is 24.3 Å². The molecule has 0 bridgehead atoms. The fourth-order valence-corrected chi connectivity index (χ4v) is 2.27. The lowest BCUT2D eigenvalue weighted by Crippen LogP contribution is -2.12. The molecule has 0 aliphatic rings. The summed E-state index contributed by atoms with van der Waals surface area (Å²) in [6.07, 6.45) is -3.25. The largest absolute Gasteiger partial charge is 0.448 e. The van der Waals surface area contributed by atoms with Crippen molar-refractivity contribution in [1.82, 2.24) is 0 Å². The molecule has 12 heteroatoms. The molecule has 0 spiro atoms. The van der Waals surface area contributed by atoms with E-state index in [1.165, 1.54) is 13.0 Å². The molecule has 29 heavy (non-hydrogen) atoms. The quantitative estimate of drug-likeness (QED) is 0.352. The van der Waals surface area contributed by atoms with Crippen molar-refractivity contribution >= 4 is 29.2 Å². The molecule has 0 atom stereocenters. The number of rotatable bonds is 6. The molecule has 0 N–H and O–H groups in total. The Kier molecular flexibility index (Phi) is 6.99. The SMILES string of the molecule is CCC(=O)OOC(=O)c1cccc(Oc2ccc(C(F)F)c(F)c2Cl)c1[N+](=O)[O-]. The lowest BCUT2D eigenvalue weighted by atomic mass is 10.1. The second-order valence-electron chi connectivity index (χ2n) is 5.27. The second-order valence-corrected chi connectivity index (χ2v) is 5.65. The summed E-state index contributed by atoms with van der Waals surface area (Å²) in [6, 6.07) is 4.82. The first kappa shape index (κ1) is 22.0. The zero-order valence-electron chi connectivity index (χ0n) is 14.5. The average molecular weight is 434 g/mol. The van der Waals surface area contributed by atoms with Crippen LogP contribution < -0.4 is 4.74 Å². The summed E-state index contributed by atoms with van der Waals surface area (Å²) in [5, 5.41) is 10.6. The number of hydrogen-bond acceptors (Lipinski definition) is 7. The highest BCUT2D eigenvalue weighted by atomic mass is 35.5. The third kappa shape index (κ3) is 4.93. The summed E-state index contributed by atoms with van der Waals surface area (Å²) in [5.41, 5.74) is -2.52. The molecule has 2 aromatic carbocycles. The monoisotopic (exact) mass is 433 g/mol. The molecule has 0 radical (unpaired) electrons. The second kappa shape index (κ2) is 9.24. The third-order valence-electron chi connectivity index (χ3n) is 3.43. The van der Waals surface area contributed by atoms with Crippen LogP contribution in [0.25, 0.3) is 0 Å². The number of hydrogen-bond donors (Lipinski definition) is 0. The Labute approximate surface area is 165 Å². The van der Waals surface area contributed by atoms with Crippen LogP contribution in [0.3, 0.4) is 0 Å². The average Bonchev–Trinajstić information content (AvgIpc) is 2.68. The Hall–Kier alpha value is -3.34. The van der Waals surface area contributed by atoms with Gasteiger partial charge in [0, 0.05) is 6.42 Å². The highest BCUT2D eigenvalue weighted by Crippen LogP contribution is 2.40. The standard InChI is InChI=1S/C17H11ClF3NO7/c1-2-12(23)28-29-17(24)9-4-3-5-11(15(9)22(25)26)27-10-7-6-8(16(20)21)14(19)13(10)18/h3-7,16H,2H2,1H3. The normalized spacial score (nSPS) is 10.6. The van der Waals surface area contributed by atoms with Gasteiger partial charge in [0.15, 0.2) is 5.82 Å². The van der Waals surface area contributed by atoms with E-state index in [9.17, 15) is 32.9 Å². The highest BCUT2D eigenvalue weighted by Gasteiger charge is 2.29. The van der Waals surface area contributed by atoms with Crippen LogP contribution in [0.4, 0.5) is 18.9 Å². The minimum Gasteiger partial charge on any atom is -0.448 e. The summed E-state index contributed by atoms with van der Waals surface area (Å²) in [4.78, 5) is 41.9. The molecule has 2 rings (SSSR count). The Balaban J connectivity index is 2.42. The van der Waals surface area contributed by atoms with Gasteiger partial charge in [-0.2, -0.15) is 0 Å². The molecule has 0 heterocycles. The summed E-state index contributed by atoms with van der Waals surface area (Å²) < 4.78 is 44.6. The van der Waals surface area contributed by atoms with E-state index in [4.69, 9.17) is 16.3 Å². The van der Waals surface area contributed by atoms with E-state index in [-0.39, 0.29) is 6.42 Å². The van der Waals surface area contributed by atoms with Crippen LogP contribution in [0.5, 0.6) is 11.5 Å². The van der Waals surface area contributed by atoms with Crippen molar-refractivity contribution in [3.63, 3.8) is 0 Å². The van der Waals surface area contributed by atoms with Crippen LogP contribution >= 0.6 is 11.6 Å². The fourth-order valence-electron chi connectivity index (χ4n) is 2.06. The van der Waals surface area contributed by atoms with E-state index in [2.05, 4.69) is 9.78 Å². The van der Waals surface area contributed by atoms with Crippen molar-refractivity contribution in [1.29, 1.82) is 0 Å². The number of ether oxygens (including phenoxy) is 1. The molecule has 0 aliphatic carbocycles. The lowest BCUT2D eigenvalue weighted by Gasteiger charge is -2.12. The van der Waals surface area contributed by atoms with Crippen molar-refractivity contribution in [3.8, 4) is 11.5 Å². The van der Waals surface area contributed by atoms with Crippen molar-refractivity contribution in [2.75, 3.05) is 0 Å². The van der Waals surface area contributed by atoms with Crippen molar-refractivity contribution < 1.29 is 42.2 Å². The van der Waals surface area contributed by atoms with Gasteiger partial charge in [-0.1, -0.05) is 24.6 Å². The van der Waals surface area contributed by atoms with Crippen LogP contribution in [0.1, 0.15) is 35.7 Å². The molecule has 0 aliphatic heterocycles. The van der Waals surface area contributed by atoms with Crippen molar-refractivity contribution in [2.45, 2.75) is 19.8 Å². The van der Waals surface area contributed by atoms with Gasteiger partial charge < -0.3 is 4.74 Å². The van der Waals surface area contributed by atoms with Crippen LogP contribution in [0.2, 0.25) is 5.02 Å². The number of alkyl halides is 2. The van der Waals surface area contributed by atoms with Crippen molar-refractivity contribution in [2.24, 2.45) is 0 Å². The Morgan fingerprint density at radius 2 is 1.86 bits per heavy atom.